The molecule has 0 unspecified atom stereocenters. The smallest absolute Gasteiger partial charge is 0.354 e. The van der Waals surface area contributed by atoms with E-state index in [4.69, 9.17) is 0 Å². The summed E-state index contributed by atoms with van der Waals surface area (Å²) in [6.07, 6.45) is -4.11. The number of anilines is 2. The molecule has 42 heavy (non-hydrogen) atoms. The number of alkyl halides is 6. The molecule has 0 saturated carbocycles. The molecule has 0 amide bonds. The number of pyridine rings is 2. The van der Waals surface area contributed by atoms with Crippen molar-refractivity contribution >= 4 is 66.0 Å². The summed E-state index contributed by atoms with van der Waals surface area (Å²) in [7, 11) is -5.35. The third kappa shape index (κ3) is 13.9. The van der Waals surface area contributed by atoms with Gasteiger partial charge in [-0.15, -0.1) is 12.4 Å². The minimum Gasteiger partial charge on any atom is -0.354 e. The van der Waals surface area contributed by atoms with Crippen LogP contribution in [0.2, 0.25) is 0 Å². The highest BCUT2D eigenvalue weighted by Crippen LogP contribution is 2.24. The minimum atomic E-state index is -5.35. The van der Waals surface area contributed by atoms with Gasteiger partial charge in [-0.3, -0.25) is 9.08 Å². The van der Waals surface area contributed by atoms with Crippen molar-refractivity contribution in [2.75, 3.05) is 75.3 Å². The van der Waals surface area contributed by atoms with Crippen molar-refractivity contribution in [2.45, 2.75) is 18.6 Å². The molecule has 0 bridgehead atoms. The van der Waals surface area contributed by atoms with Gasteiger partial charge in [0.05, 0.1) is 13.2 Å². The summed E-state index contributed by atoms with van der Waals surface area (Å²) in [5, 5.41) is 3.32. The van der Waals surface area contributed by atoms with Gasteiger partial charge in [0, 0.05) is 52.4 Å². The molecule has 19 heteroatoms. The summed E-state index contributed by atoms with van der Waals surface area (Å²) < 4.78 is 95.5. The van der Waals surface area contributed by atoms with E-state index < -0.39 is 35.0 Å². The Hall–Kier alpha value is -1.44. The lowest BCUT2D eigenvalue weighted by atomic mass is 10.3. The lowest BCUT2D eigenvalue weighted by molar-refractivity contribution is -0.146. The zero-order valence-corrected chi connectivity index (χ0v) is 27.1. The minimum absolute atomic E-state index is 0. The molecule has 2 aromatic heterocycles. The Bertz CT molecular complexity index is 1190. The van der Waals surface area contributed by atoms with Crippen molar-refractivity contribution in [1.29, 1.82) is 0 Å². The second-order valence-corrected chi connectivity index (χ2v) is 11.8. The lowest BCUT2D eigenvalue weighted by Gasteiger charge is -2.35. The van der Waals surface area contributed by atoms with E-state index in [1.54, 1.807) is 0 Å². The molecule has 0 radical (unpaired) electrons. The highest BCUT2D eigenvalue weighted by molar-refractivity contribution is 9.10. The van der Waals surface area contributed by atoms with Crippen molar-refractivity contribution in [1.82, 2.24) is 20.2 Å². The lowest BCUT2D eigenvalue weighted by Crippen LogP contribution is -2.49. The predicted molar refractivity (Wildman–Crippen MR) is 158 cm³/mol. The second-order valence-electron chi connectivity index (χ2n) is 8.56. The van der Waals surface area contributed by atoms with Crippen LogP contribution in [0.1, 0.15) is 6.92 Å². The van der Waals surface area contributed by atoms with Crippen molar-refractivity contribution in [3.8, 4) is 0 Å². The van der Waals surface area contributed by atoms with Gasteiger partial charge in [-0.05, 0) is 63.0 Å². The maximum absolute atomic E-state index is 12.2. The number of hydrogen-bond donors (Lipinski definition) is 1. The molecule has 2 aromatic rings. The van der Waals surface area contributed by atoms with Gasteiger partial charge in [-0.2, -0.15) is 34.8 Å². The number of halogens is 9. The van der Waals surface area contributed by atoms with E-state index in [9.17, 15) is 34.8 Å². The highest BCUT2D eigenvalue weighted by atomic mass is 79.9. The first-order valence-corrected chi connectivity index (χ1v) is 15.3. The second kappa shape index (κ2) is 17.8. The van der Waals surface area contributed by atoms with Crippen LogP contribution < -0.4 is 15.1 Å². The third-order valence-electron chi connectivity index (χ3n) is 5.50. The third-order valence-corrected chi connectivity index (χ3v) is 7.49. The van der Waals surface area contributed by atoms with Crippen LogP contribution in [0.15, 0.2) is 45.6 Å². The highest BCUT2D eigenvalue weighted by Gasteiger charge is 2.46. The van der Waals surface area contributed by atoms with E-state index in [1.807, 2.05) is 35.2 Å². The number of piperazine rings is 2. The van der Waals surface area contributed by atoms with E-state index in [0.29, 0.717) is 26.2 Å². The average Bonchev–Trinajstić information content (AvgIpc) is 2.89. The van der Waals surface area contributed by atoms with E-state index in [1.165, 1.54) is 4.90 Å². The van der Waals surface area contributed by atoms with Gasteiger partial charge in [0.25, 0.3) is 0 Å². The van der Waals surface area contributed by atoms with Crippen molar-refractivity contribution in [3.05, 3.63) is 45.6 Å². The predicted octanol–water partition coefficient (Wildman–Crippen LogP) is 5.08. The van der Waals surface area contributed by atoms with Crippen LogP contribution in [0, 0.1) is 0 Å². The molecule has 2 aliphatic heterocycles. The topological polar surface area (TPSA) is 90.9 Å². The van der Waals surface area contributed by atoms with Crippen LogP contribution in [0.5, 0.6) is 0 Å². The fourth-order valence-corrected chi connectivity index (χ4v) is 4.76. The molecular formula is C23H31Br2ClF6N6O3S. The van der Waals surface area contributed by atoms with E-state index in [-0.39, 0.29) is 12.4 Å². The fraction of sp³-hybridized carbons (Fsp3) is 0.565. The molecule has 4 heterocycles. The molecule has 9 nitrogen and oxygen atoms in total. The monoisotopic (exact) mass is 778 g/mol. The first-order valence-electron chi connectivity index (χ1n) is 12.3. The Morgan fingerprint density at radius 1 is 0.833 bits per heavy atom. The van der Waals surface area contributed by atoms with Crippen molar-refractivity contribution < 1.29 is 38.9 Å². The Balaban J connectivity index is 0.000000327. The van der Waals surface area contributed by atoms with Gasteiger partial charge < -0.3 is 15.1 Å². The molecule has 2 aliphatic rings. The molecule has 2 fully saturated rings. The molecule has 240 valence electrons. The maximum Gasteiger partial charge on any atom is 0.523 e. The van der Waals surface area contributed by atoms with Gasteiger partial charge in [0.2, 0.25) is 0 Å². The number of nitrogens with zero attached hydrogens (tertiary/aromatic N) is 5. The molecule has 2 saturated heterocycles. The molecule has 0 atom stereocenters. The molecular weight excluding hydrogens is 750 g/mol. The fourth-order valence-electron chi connectivity index (χ4n) is 3.65. The SMILES string of the molecule is Brc1cccc(N2CCNCC2)n1.CCOS(=O)(=O)C(F)(F)F.Cl.FC(F)(F)CN1CCN(c2cccc(Br)n2)CC1. The molecule has 4 rings (SSSR count). The van der Waals surface area contributed by atoms with Crippen LogP contribution in [0.3, 0.4) is 0 Å². The summed E-state index contributed by atoms with van der Waals surface area (Å²) in [5.74, 6) is 1.87. The molecule has 0 spiro atoms. The maximum atomic E-state index is 12.2. The van der Waals surface area contributed by atoms with Crippen molar-refractivity contribution in [3.63, 3.8) is 0 Å². The zero-order valence-electron chi connectivity index (χ0n) is 22.3. The average molecular weight is 781 g/mol. The number of nitrogens with one attached hydrogen (secondary N) is 1. The largest absolute Gasteiger partial charge is 0.523 e. The van der Waals surface area contributed by atoms with Crippen LogP contribution in [0.25, 0.3) is 0 Å². The molecule has 0 aromatic carbocycles. The standard InChI is InChI=1S/C11H13BrF3N3.C9H12BrN3.C3H5F3O3S.ClH/c12-9-2-1-3-10(16-9)18-6-4-17(5-7-18)8-11(13,14)15;10-8-2-1-3-9(12-8)13-6-4-11-5-7-13;1-2-9-10(7,8)3(4,5)6;/h1-3H,4-8H2;1-3,11H,4-7H2;2H2,1H3;1H. The number of hydrogen-bond acceptors (Lipinski definition) is 9. The molecule has 1 N–H and O–H groups in total. The van der Waals surface area contributed by atoms with Crippen LogP contribution >= 0.6 is 44.3 Å². The summed E-state index contributed by atoms with van der Waals surface area (Å²) >= 11 is 6.66. The zero-order chi connectivity index (χ0) is 30.7. The summed E-state index contributed by atoms with van der Waals surface area (Å²) in [6, 6.07) is 11.6. The number of aromatic nitrogens is 2. The Morgan fingerprint density at radius 2 is 1.29 bits per heavy atom. The van der Waals surface area contributed by atoms with Gasteiger partial charge in [-0.25, -0.2) is 9.97 Å². The summed E-state index contributed by atoms with van der Waals surface area (Å²) in [6.45, 7) is 5.97. The normalized spacial score (nSPS) is 16.4. The quantitative estimate of drug-likeness (QED) is 0.193. The van der Waals surface area contributed by atoms with Gasteiger partial charge in [0.1, 0.15) is 20.8 Å². The van der Waals surface area contributed by atoms with E-state index >= 15 is 0 Å². The number of rotatable bonds is 5. The first kappa shape index (κ1) is 38.6. The van der Waals surface area contributed by atoms with Crippen LogP contribution in [-0.2, 0) is 14.3 Å². The van der Waals surface area contributed by atoms with E-state index in [0.717, 1.165) is 53.9 Å². The Morgan fingerprint density at radius 3 is 1.64 bits per heavy atom. The summed E-state index contributed by atoms with van der Waals surface area (Å²) in [5.41, 5.74) is -5.30. The van der Waals surface area contributed by atoms with E-state index in [2.05, 4.69) is 62.3 Å². The van der Waals surface area contributed by atoms with Crippen molar-refractivity contribution in [2.24, 2.45) is 0 Å². The van der Waals surface area contributed by atoms with Crippen LogP contribution in [-0.4, -0.2) is 100 Å². The van der Waals surface area contributed by atoms with Crippen LogP contribution in [0.4, 0.5) is 38.0 Å². The summed E-state index contributed by atoms with van der Waals surface area (Å²) in [4.78, 5) is 14.4. The Labute approximate surface area is 263 Å². The van der Waals surface area contributed by atoms with Gasteiger partial charge in [-0.1, -0.05) is 12.1 Å². The first-order chi connectivity index (χ1) is 19.1. The van der Waals surface area contributed by atoms with Gasteiger partial charge >= 0.3 is 21.8 Å². The Kier molecular flexibility index (Phi) is 16.3. The van der Waals surface area contributed by atoms with Gasteiger partial charge in [0.15, 0.2) is 0 Å². The molecule has 0 aliphatic carbocycles.